The number of amides is 2. The van der Waals surface area contributed by atoms with Crippen molar-refractivity contribution < 1.29 is 22.5 Å². The monoisotopic (exact) mass is 475 g/mol. The first-order chi connectivity index (χ1) is 15.9. The summed E-state index contributed by atoms with van der Waals surface area (Å²) in [6.07, 6.45) is -0.696. The lowest BCUT2D eigenvalue weighted by atomic mass is 9.96. The van der Waals surface area contributed by atoms with Crippen LogP contribution < -0.4 is 9.46 Å². The summed E-state index contributed by atoms with van der Waals surface area (Å²) in [7, 11) is -0.358. The molecule has 176 valence electrons. The highest BCUT2D eigenvalue weighted by Gasteiger charge is 2.53. The van der Waals surface area contributed by atoms with E-state index in [0.717, 1.165) is 22.4 Å². The molecule has 2 aliphatic heterocycles. The molecule has 2 aromatic carbocycles. The van der Waals surface area contributed by atoms with Crippen LogP contribution in [0.5, 0.6) is 5.75 Å². The van der Waals surface area contributed by atoms with Crippen LogP contribution in [0.25, 0.3) is 11.1 Å². The third-order valence-corrected chi connectivity index (χ3v) is 8.18. The molecule has 6 nitrogen and oxygen atoms in total. The lowest BCUT2D eigenvalue weighted by molar-refractivity contribution is 0.146. The van der Waals surface area contributed by atoms with Gasteiger partial charge < -0.3 is 14.5 Å². The summed E-state index contributed by atoms with van der Waals surface area (Å²) in [6.45, 7) is 0.470. The summed E-state index contributed by atoms with van der Waals surface area (Å²) in [5, 5.41) is -1.79. The van der Waals surface area contributed by atoms with E-state index < -0.39 is 34.2 Å². The standard InChI is InChI=1S/C24H27F2N3O3S/c1-28-11-12-32-21-8-3-2-7-18(21)17-6-4-5-16(13-17)14-20-22(19(25)15-29(20)23(28)30)27-33(31)24(26)9-10-24/h2-8,13,19-20,22,27H,9-12,14-15H2,1H3. The van der Waals surface area contributed by atoms with Gasteiger partial charge in [-0.15, -0.1) is 0 Å². The van der Waals surface area contributed by atoms with Crippen LogP contribution in [0, 0.1) is 0 Å². The van der Waals surface area contributed by atoms with Gasteiger partial charge in [0.15, 0.2) is 5.00 Å². The van der Waals surface area contributed by atoms with Crippen LogP contribution in [0.15, 0.2) is 48.5 Å². The van der Waals surface area contributed by atoms with E-state index in [9.17, 15) is 13.4 Å². The minimum Gasteiger partial charge on any atom is -0.491 e. The summed E-state index contributed by atoms with van der Waals surface area (Å²) in [6, 6.07) is 13.7. The van der Waals surface area contributed by atoms with Gasteiger partial charge in [0.1, 0.15) is 29.5 Å². The number of benzene rings is 2. The molecular weight excluding hydrogens is 448 g/mol. The Morgan fingerprint density at radius 2 is 1.97 bits per heavy atom. The number of likely N-dealkylation sites (N-methyl/N-ethyl adjacent to an activating group) is 1. The fourth-order valence-electron chi connectivity index (χ4n) is 4.54. The van der Waals surface area contributed by atoms with E-state index >= 15 is 4.39 Å². The van der Waals surface area contributed by atoms with Gasteiger partial charge >= 0.3 is 6.03 Å². The van der Waals surface area contributed by atoms with Crippen molar-refractivity contribution in [3.05, 3.63) is 54.1 Å². The molecule has 1 N–H and O–H groups in total. The highest BCUT2D eigenvalue weighted by Crippen LogP contribution is 2.43. The molecule has 2 bridgehead atoms. The smallest absolute Gasteiger partial charge is 0.320 e. The van der Waals surface area contributed by atoms with Crippen molar-refractivity contribution in [2.45, 2.75) is 42.5 Å². The Morgan fingerprint density at radius 3 is 2.76 bits per heavy atom. The highest BCUT2D eigenvalue weighted by molar-refractivity contribution is 7.84. The van der Waals surface area contributed by atoms with Gasteiger partial charge in [0.05, 0.1) is 25.2 Å². The molecule has 2 fully saturated rings. The van der Waals surface area contributed by atoms with E-state index in [-0.39, 0.29) is 32.0 Å². The number of hydrogen-bond donors (Lipinski definition) is 1. The number of carbonyl (C=O) groups excluding carboxylic acids is 1. The summed E-state index contributed by atoms with van der Waals surface area (Å²) >= 11 is 0. The molecule has 1 aliphatic carbocycles. The SMILES string of the molecule is CN1CCOc2ccccc2-c2cccc(c2)CC2C(NS(=O)C3(F)CC3)C(F)CN2C1=O. The molecule has 1 saturated carbocycles. The number of halogens is 2. The molecular formula is C24H27F2N3O3S. The predicted molar refractivity (Wildman–Crippen MR) is 123 cm³/mol. The topological polar surface area (TPSA) is 61.9 Å². The van der Waals surface area contributed by atoms with E-state index in [4.69, 9.17) is 4.74 Å². The average molecular weight is 476 g/mol. The summed E-state index contributed by atoms with van der Waals surface area (Å²) < 4.78 is 50.7. The molecule has 4 atom stereocenters. The van der Waals surface area contributed by atoms with Crippen LogP contribution in [0.3, 0.4) is 0 Å². The summed E-state index contributed by atoms with van der Waals surface area (Å²) in [5.41, 5.74) is 2.79. The molecule has 0 aromatic heterocycles. The van der Waals surface area contributed by atoms with Crippen molar-refractivity contribution in [2.24, 2.45) is 0 Å². The normalized spacial score (nSPS) is 27.4. The molecule has 2 aromatic rings. The van der Waals surface area contributed by atoms with Gasteiger partial charge in [-0.3, -0.25) is 0 Å². The lowest BCUT2D eigenvalue weighted by Gasteiger charge is -2.31. The summed E-state index contributed by atoms with van der Waals surface area (Å²) in [4.78, 5) is 16.2. The second kappa shape index (κ2) is 8.68. The zero-order chi connectivity index (χ0) is 23.2. The quantitative estimate of drug-likeness (QED) is 0.740. The number of hydrogen-bond acceptors (Lipinski definition) is 3. The van der Waals surface area contributed by atoms with Gasteiger partial charge in [0.25, 0.3) is 0 Å². The van der Waals surface area contributed by atoms with Crippen LogP contribution in [-0.2, 0) is 17.4 Å². The van der Waals surface area contributed by atoms with Gasteiger partial charge in [-0.2, -0.15) is 0 Å². The molecule has 3 aliphatic rings. The maximum absolute atomic E-state index is 15.2. The maximum Gasteiger partial charge on any atom is 0.320 e. The van der Waals surface area contributed by atoms with Crippen molar-refractivity contribution >= 4 is 17.0 Å². The van der Waals surface area contributed by atoms with Gasteiger partial charge in [-0.05, 0) is 36.5 Å². The lowest BCUT2D eigenvalue weighted by Crippen LogP contribution is -2.52. The van der Waals surface area contributed by atoms with Crippen LogP contribution in [0.1, 0.15) is 18.4 Å². The fraction of sp³-hybridized carbons (Fsp3) is 0.458. The molecule has 0 radical (unpaired) electrons. The minimum absolute atomic E-state index is 0.136. The number of para-hydroxylation sites is 1. The number of nitrogens with zero attached hydrogens (tertiary/aromatic N) is 2. The second-order valence-electron chi connectivity index (χ2n) is 8.98. The van der Waals surface area contributed by atoms with Gasteiger partial charge in [-0.25, -0.2) is 22.5 Å². The van der Waals surface area contributed by atoms with E-state index in [1.807, 2.05) is 48.5 Å². The van der Waals surface area contributed by atoms with Crippen molar-refractivity contribution in [3.63, 3.8) is 0 Å². The average Bonchev–Trinajstić information content (AvgIpc) is 3.50. The van der Waals surface area contributed by atoms with Crippen molar-refractivity contribution in [2.75, 3.05) is 26.7 Å². The third kappa shape index (κ3) is 4.36. The molecule has 5 rings (SSSR count). The van der Waals surface area contributed by atoms with Crippen LogP contribution >= 0.6 is 0 Å². The Kier molecular flexibility index (Phi) is 5.86. The second-order valence-corrected chi connectivity index (χ2v) is 10.5. The fourth-order valence-corrected chi connectivity index (χ4v) is 5.78. The van der Waals surface area contributed by atoms with Crippen LogP contribution in [0.4, 0.5) is 13.6 Å². The van der Waals surface area contributed by atoms with E-state index in [2.05, 4.69) is 4.72 Å². The maximum atomic E-state index is 15.2. The molecule has 33 heavy (non-hydrogen) atoms. The Morgan fingerprint density at radius 1 is 1.18 bits per heavy atom. The largest absolute Gasteiger partial charge is 0.491 e. The molecule has 2 heterocycles. The first kappa shape index (κ1) is 22.3. The first-order valence-corrected chi connectivity index (χ1v) is 12.3. The number of urea groups is 1. The zero-order valence-electron chi connectivity index (χ0n) is 18.4. The van der Waals surface area contributed by atoms with E-state index in [1.54, 1.807) is 7.05 Å². The predicted octanol–water partition coefficient (Wildman–Crippen LogP) is 3.44. The Balaban J connectivity index is 1.51. The number of carbonyl (C=O) groups is 1. The number of nitrogens with one attached hydrogen (secondary N) is 1. The number of rotatable bonds is 3. The van der Waals surface area contributed by atoms with Gasteiger partial charge in [0, 0.05) is 12.6 Å². The van der Waals surface area contributed by atoms with Crippen LogP contribution in [0.2, 0.25) is 0 Å². The minimum atomic E-state index is -2.01. The number of alkyl halides is 2. The third-order valence-electron chi connectivity index (χ3n) is 6.62. The Labute approximate surface area is 194 Å². The number of fused-ring (bicyclic) bond motifs is 5. The molecule has 9 heteroatoms. The van der Waals surface area contributed by atoms with Crippen LogP contribution in [-0.4, -0.2) is 70.0 Å². The van der Waals surface area contributed by atoms with Crippen molar-refractivity contribution in [1.29, 1.82) is 0 Å². The highest BCUT2D eigenvalue weighted by atomic mass is 32.2. The molecule has 2 amide bonds. The first-order valence-electron chi connectivity index (χ1n) is 11.2. The van der Waals surface area contributed by atoms with Gasteiger partial charge in [0.2, 0.25) is 0 Å². The van der Waals surface area contributed by atoms with Crippen molar-refractivity contribution in [3.8, 4) is 16.9 Å². The van der Waals surface area contributed by atoms with E-state index in [1.165, 1.54) is 9.80 Å². The molecule has 4 unspecified atom stereocenters. The number of ether oxygens (including phenoxy) is 1. The molecule has 1 saturated heterocycles. The Bertz CT molecular complexity index is 1080. The molecule has 0 spiro atoms. The summed E-state index contributed by atoms with van der Waals surface area (Å²) in [5.74, 6) is 0.728. The van der Waals surface area contributed by atoms with Crippen molar-refractivity contribution in [1.82, 2.24) is 14.5 Å². The Hall–Kier alpha value is -2.52. The van der Waals surface area contributed by atoms with E-state index in [0.29, 0.717) is 13.0 Å². The van der Waals surface area contributed by atoms with Gasteiger partial charge in [-0.1, -0.05) is 42.5 Å². The zero-order valence-corrected chi connectivity index (χ0v) is 19.2.